The first-order valence-corrected chi connectivity index (χ1v) is 15.8. The molecule has 2 heteroatoms. The maximum atomic E-state index is 2.41. The van der Waals surface area contributed by atoms with E-state index in [1.807, 2.05) is 11.3 Å². The van der Waals surface area contributed by atoms with Crippen LogP contribution in [0.2, 0.25) is 0 Å². The van der Waals surface area contributed by atoms with Gasteiger partial charge in [-0.05, 0) is 85.9 Å². The SMILES string of the molecule is c1ccc(-c2cccc(N(c3ccc4c(ccc5ccccc54)c3)c3ccc4c(c3)sc3ccc5ccccc5c34)c2)cc1. The van der Waals surface area contributed by atoms with Gasteiger partial charge in [0.15, 0.2) is 0 Å². The lowest BCUT2D eigenvalue weighted by Gasteiger charge is -2.26. The second-order valence-electron chi connectivity index (χ2n) is 11.4. The monoisotopic (exact) mass is 577 g/mol. The summed E-state index contributed by atoms with van der Waals surface area (Å²) in [6.07, 6.45) is 0. The van der Waals surface area contributed by atoms with Gasteiger partial charge >= 0.3 is 0 Å². The van der Waals surface area contributed by atoms with Crippen molar-refractivity contribution in [3.63, 3.8) is 0 Å². The number of hydrogen-bond acceptors (Lipinski definition) is 2. The van der Waals surface area contributed by atoms with E-state index in [9.17, 15) is 0 Å². The number of rotatable bonds is 4. The van der Waals surface area contributed by atoms with Crippen LogP contribution in [0.25, 0.3) is 63.6 Å². The van der Waals surface area contributed by atoms with Crippen molar-refractivity contribution >= 4 is 80.9 Å². The normalized spacial score (nSPS) is 11.6. The highest BCUT2D eigenvalue weighted by Crippen LogP contribution is 2.44. The van der Waals surface area contributed by atoms with E-state index in [1.54, 1.807) is 0 Å². The Kier molecular flexibility index (Phi) is 5.75. The number of benzene rings is 8. The maximum absolute atomic E-state index is 2.41. The third-order valence-corrected chi connectivity index (χ3v) is 9.92. The van der Waals surface area contributed by atoms with E-state index in [4.69, 9.17) is 0 Å². The highest BCUT2D eigenvalue weighted by atomic mass is 32.1. The first kappa shape index (κ1) is 25.1. The minimum atomic E-state index is 1.14. The van der Waals surface area contributed by atoms with Gasteiger partial charge in [0, 0.05) is 37.2 Å². The fourth-order valence-electron chi connectivity index (χ4n) is 6.72. The third-order valence-electron chi connectivity index (χ3n) is 8.80. The largest absolute Gasteiger partial charge is 0.310 e. The lowest BCUT2D eigenvalue weighted by molar-refractivity contribution is 1.30. The number of thiophene rings is 1. The Morgan fingerprint density at radius 2 is 0.955 bits per heavy atom. The average molecular weight is 578 g/mol. The van der Waals surface area contributed by atoms with Crippen LogP contribution in [0.15, 0.2) is 164 Å². The van der Waals surface area contributed by atoms with Gasteiger partial charge in [0.05, 0.1) is 0 Å². The van der Waals surface area contributed by atoms with Gasteiger partial charge in [-0.3, -0.25) is 0 Å². The summed E-state index contributed by atoms with van der Waals surface area (Å²) in [5.41, 5.74) is 5.85. The molecule has 0 aliphatic carbocycles. The molecule has 1 nitrogen and oxygen atoms in total. The topological polar surface area (TPSA) is 3.24 Å². The van der Waals surface area contributed by atoms with Crippen LogP contribution in [-0.4, -0.2) is 0 Å². The summed E-state index contributed by atoms with van der Waals surface area (Å²) in [4.78, 5) is 2.41. The number of anilines is 3. The molecule has 9 aromatic rings. The van der Waals surface area contributed by atoms with Crippen LogP contribution in [0.5, 0.6) is 0 Å². The van der Waals surface area contributed by atoms with E-state index in [2.05, 4.69) is 169 Å². The Hall–Kier alpha value is -5.44. The minimum absolute atomic E-state index is 1.14. The van der Waals surface area contributed by atoms with Crippen LogP contribution in [0, 0.1) is 0 Å². The Balaban J connectivity index is 1.26. The molecule has 206 valence electrons. The van der Waals surface area contributed by atoms with Gasteiger partial charge in [0.25, 0.3) is 0 Å². The fourth-order valence-corrected chi connectivity index (χ4v) is 7.87. The molecule has 0 saturated carbocycles. The van der Waals surface area contributed by atoms with Crippen molar-refractivity contribution in [1.82, 2.24) is 0 Å². The van der Waals surface area contributed by atoms with Gasteiger partial charge in [-0.2, -0.15) is 0 Å². The zero-order chi connectivity index (χ0) is 29.0. The van der Waals surface area contributed by atoms with Gasteiger partial charge in [-0.25, -0.2) is 0 Å². The molecule has 0 aliphatic heterocycles. The summed E-state index contributed by atoms with van der Waals surface area (Å²) >= 11 is 1.88. The smallest absolute Gasteiger partial charge is 0.0476 e. The zero-order valence-electron chi connectivity index (χ0n) is 23.9. The number of hydrogen-bond donors (Lipinski definition) is 0. The second-order valence-corrected chi connectivity index (χ2v) is 12.5. The summed E-state index contributed by atoms with van der Waals surface area (Å²) < 4.78 is 2.62. The van der Waals surface area contributed by atoms with Gasteiger partial charge in [0.1, 0.15) is 0 Å². The van der Waals surface area contributed by atoms with Crippen molar-refractivity contribution in [3.05, 3.63) is 164 Å². The Morgan fingerprint density at radius 1 is 0.341 bits per heavy atom. The van der Waals surface area contributed by atoms with E-state index in [0.29, 0.717) is 0 Å². The number of nitrogens with zero attached hydrogens (tertiary/aromatic N) is 1. The van der Waals surface area contributed by atoms with Crippen molar-refractivity contribution in [2.75, 3.05) is 4.90 Å². The lowest BCUT2D eigenvalue weighted by Crippen LogP contribution is -2.10. The predicted molar refractivity (Wildman–Crippen MR) is 192 cm³/mol. The summed E-state index contributed by atoms with van der Waals surface area (Å²) in [5.74, 6) is 0. The van der Waals surface area contributed by atoms with Crippen molar-refractivity contribution in [1.29, 1.82) is 0 Å². The van der Waals surface area contributed by atoms with Crippen LogP contribution in [0.3, 0.4) is 0 Å². The van der Waals surface area contributed by atoms with Crippen LogP contribution in [-0.2, 0) is 0 Å². The molecule has 0 atom stereocenters. The van der Waals surface area contributed by atoms with Gasteiger partial charge in [0.2, 0.25) is 0 Å². The standard InChI is InChI=1S/C42H27NS/c1-2-9-28(10-3-1)31-13-8-14-33(25-31)43(34-20-22-37-32(26-34)18-17-29-11-4-6-15-36(29)37)35-21-23-39-41(27-35)44-40-24-19-30-12-5-7-16-38(30)42(39)40/h1-27H. The van der Waals surface area contributed by atoms with E-state index in [0.717, 1.165) is 17.1 Å². The van der Waals surface area contributed by atoms with Gasteiger partial charge in [-0.15, -0.1) is 11.3 Å². The molecular weight excluding hydrogens is 551 g/mol. The molecular formula is C42H27NS. The first-order chi connectivity index (χ1) is 21.8. The van der Waals surface area contributed by atoms with Crippen molar-refractivity contribution < 1.29 is 0 Å². The molecule has 0 amide bonds. The summed E-state index contributed by atoms with van der Waals surface area (Å²) in [7, 11) is 0. The molecule has 0 saturated heterocycles. The van der Waals surface area contributed by atoms with Crippen LogP contribution in [0.4, 0.5) is 17.1 Å². The zero-order valence-corrected chi connectivity index (χ0v) is 24.8. The molecule has 0 fully saturated rings. The molecule has 0 N–H and O–H groups in total. The summed E-state index contributed by atoms with van der Waals surface area (Å²) in [6.45, 7) is 0. The van der Waals surface area contributed by atoms with Crippen molar-refractivity contribution in [2.45, 2.75) is 0 Å². The summed E-state index contributed by atoms with van der Waals surface area (Å²) in [6, 6.07) is 59.8. The molecule has 1 heterocycles. The molecule has 9 rings (SSSR count). The molecule has 0 aliphatic rings. The Bertz CT molecular complexity index is 2510. The third kappa shape index (κ3) is 4.07. The molecule has 0 unspecified atom stereocenters. The highest BCUT2D eigenvalue weighted by molar-refractivity contribution is 7.26. The Morgan fingerprint density at radius 3 is 1.82 bits per heavy atom. The second kappa shape index (κ2) is 10.1. The van der Waals surface area contributed by atoms with E-state index in [-0.39, 0.29) is 0 Å². The predicted octanol–water partition coefficient (Wildman–Crippen LogP) is 12.7. The van der Waals surface area contributed by atoms with Crippen molar-refractivity contribution in [3.8, 4) is 11.1 Å². The maximum Gasteiger partial charge on any atom is 0.0476 e. The van der Waals surface area contributed by atoms with Crippen LogP contribution >= 0.6 is 11.3 Å². The molecule has 0 radical (unpaired) electrons. The van der Waals surface area contributed by atoms with E-state index in [1.165, 1.54) is 63.6 Å². The molecule has 0 bridgehead atoms. The first-order valence-electron chi connectivity index (χ1n) is 15.0. The number of fused-ring (bicyclic) bond motifs is 8. The quantitative estimate of drug-likeness (QED) is 0.188. The summed E-state index contributed by atoms with van der Waals surface area (Å²) in [5, 5.41) is 10.3. The van der Waals surface area contributed by atoms with Gasteiger partial charge < -0.3 is 4.90 Å². The fraction of sp³-hybridized carbons (Fsp3) is 0. The van der Waals surface area contributed by atoms with E-state index >= 15 is 0 Å². The minimum Gasteiger partial charge on any atom is -0.310 e. The van der Waals surface area contributed by atoms with Crippen LogP contribution in [0.1, 0.15) is 0 Å². The lowest BCUT2D eigenvalue weighted by atomic mass is 10.0. The van der Waals surface area contributed by atoms with Gasteiger partial charge in [-0.1, -0.05) is 121 Å². The molecule has 44 heavy (non-hydrogen) atoms. The molecule has 1 aromatic heterocycles. The van der Waals surface area contributed by atoms with E-state index < -0.39 is 0 Å². The highest BCUT2D eigenvalue weighted by Gasteiger charge is 2.17. The molecule has 8 aromatic carbocycles. The average Bonchev–Trinajstić information content (AvgIpc) is 3.47. The molecule has 0 spiro atoms. The van der Waals surface area contributed by atoms with Crippen LogP contribution < -0.4 is 4.90 Å². The van der Waals surface area contributed by atoms with Crippen molar-refractivity contribution in [2.24, 2.45) is 0 Å². The Labute approximate surface area is 259 Å².